The van der Waals surface area contributed by atoms with Gasteiger partial charge in [-0.15, -0.1) is 0 Å². The molecule has 0 aromatic carbocycles. The largest absolute Gasteiger partial charge is 0.351 e. The lowest BCUT2D eigenvalue weighted by molar-refractivity contribution is -0.131. The molecule has 1 rings (SSSR count). The Morgan fingerprint density at radius 1 is 1.60 bits per heavy atom. The third kappa shape index (κ3) is 2.29. The summed E-state index contributed by atoms with van der Waals surface area (Å²) in [5.74, 6) is -0.686. The summed E-state index contributed by atoms with van der Waals surface area (Å²) in [6.07, 6.45) is -0.744. The normalized spacial score (nSPS) is 17.5. The van der Waals surface area contributed by atoms with Crippen LogP contribution in [0.1, 0.15) is 12.8 Å². The molecular formula is C6H9F2NO. The Morgan fingerprint density at radius 3 is 2.60 bits per heavy atom. The summed E-state index contributed by atoms with van der Waals surface area (Å²) in [7, 11) is 0. The summed E-state index contributed by atoms with van der Waals surface area (Å²) < 4.78 is 23.0. The van der Waals surface area contributed by atoms with Crippen LogP contribution >= 0.6 is 0 Å². The maximum atomic E-state index is 11.5. The summed E-state index contributed by atoms with van der Waals surface area (Å²) in [6.45, 7) is 0.420. The van der Waals surface area contributed by atoms with Gasteiger partial charge in [-0.1, -0.05) is 0 Å². The molecule has 0 bridgehead atoms. The average molecular weight is 149 g/mol. The number of amides is 1. The second kappa shape index (κ2) is 2.94. The molecule has 1 amide bonds. The molecule has 1 saturated carbocycles. The molecule has 1 aliphatic rings. The third-order valence-electron chi connectivity index (χ3n) is 1.46. The highest BCUT2D eigenvalue weighted by molar-refractivity contribution is 5.79. The third-order valence-corrected chi connectivity index (χ3v) is 1.46. The van der Waals surface area contributed by atoms with E-state index in [0.29, 0.717) is 12.5 Å². The lowest BCUT2D eigenvalue weighted by Crippen LogP contribution is -2.30. The van der Waals surface area contributed by atoms with Crippen molar-refractivity contribution in [1.82, 2.24) is 5.32 Å². The van der Waals surface area contributed by atoms with Gasteiger partial charge in [-0.25, -0.2) is 0 Å². The quantitative estimate of drug-likeness (QED) is 0.631. The Labute approximate surface area is 57.6 Å². The van der Waals surface area contributed by atoms with Crippen molar-refractivity contribution < 1.29 is 13.6 Å². The van der Waals surface area contributed by atoms with E-state index in [-0.39, 0.29) is 0 Å². The van der Waals surface area contributed by atoms with Crippen LogP contribution in [0.3, 0.4) is 0 Å². The van der Waals surface area contributed by atoms with Gasteiger partial charge < -0.3 is 5.32 Å². The molecule has 0 aromatic heterocycles. The highest BCUT2D eigenvalue weighted by Gasteiger charge is 2.23. The van der Waals surface area contributed by atoms with Crippen LogP contribution in [-0.2, 0) is 4.79 Å². The van der Waals surface area contributed by atoms with Crippen LogP contribution in [0.2, 0.25) is 0 Å². The summed E-state index contributed by atoms with van der Waals surface area (Å²) in [6, 6.07) is 0. The molecule has 1 N–H and O–H groups in total. The van der Waals surface area contributed by atoms with Crippen LogP contribution < -0.4 is 5.32 Å². The molecule has 10 heavy (non-hydrogen) atoms. The van der Waals surface area contributed by atoms with E-state index in [2.05, 4.69) is 5.32 Å². The minimum absolute atomic E-state index is 0.420. The van der Waals surface area contributed by atoms with Crippen molar-refractivity contribution in [1.29, 1.82) is 0 Å². The van der Waals surface area contributed by atoms with E-state index in [9.17, 15) is 13.6 Å². The van der Waals surface area contributed by atoms with Crippen LogP contribution in [0.5, 0.6) is 0 Å². The van der Waals surface area contributed by atoms with Gasteiger partial charge in [0.25, 0.3) is 5.91 Å². The number of carbonyl (C=O) groups is 1. The zero-order valence-corrected chi connectivity index (χ0v) is 5.44. The van der Waals surface area contributed by atoms with Crippen LogP contribution in [0.25, 0.3) is 0 Å². The summed E-state index contributed by atoms with van der Waals surface area (Å²) in [4.78, 5) is 10.2. The van der Waals surface area contributed by atoms with Crippen LogP contribution in [0.15, 0.2) is 0 Å². The maximum absolute atomic E-state index is 11.5. The minimum Gasteiger partial charge on any atom is -0.351 e. The van der Waals surface area contributed by atoms with E-state index in [4.69, 9.17) is 0 Å². The van der Waals surface area contributed by atoms with Crippen molar-refractivity contribution in [3.05, 3.63) is 0 Å². The molecule has 1 fully saturated rings. The van der Waals surface area contributed by atoms with E-state index < -0.39 is 12.3 Å². The molecule has 0 heterocycles. The number of nitrogens with one attached hydrogen (secondary N) is 1. The van der Waals surface area contributed by atoms with Crippen molar-refractivity contribution >= 4 is 5.91 Å². The Bertz CT molecular complexity index is 134. The fourth-order valence-electron chi connectivity index (χ4n) is 0.644. The standard InChI is InChI=1S/C6H9F2NO/c7-5(8)6(10)9-3-4-1-2-4/h4-5H,1-3H2,(H,9,10). The number of hydrogen-bond donors (Lipinski definition) is 1. The average Bonchev–Trinajstić information content (AvgIpc) is 2.64. The highest BCUT2D eigenvalue weighted by atomic mass is 19.3. The summed E-state index contributed by atoms with van der Waals surface area (Å²) in [5.41, 5.74) is 0. The zero-order valence-electron chi connectivity index (χ0n) is 5.44. The molecule has 58 valence electrons. The Morgan fingerprint density at radius 2 is 2.20 bits per heavy atom. The van der Waals surface area contributed by atoms with Gasteiger partial charge in [0, 0.05) is 6.54 Å². The first-order chi connectivity index (χ1) is 4.70. The molecule has 1 aliphatic carbocycles. The van der Waals surface area contributed by atoms with E-state index in [0.717, 1.165) is 12.8 Å². The predicted octanol–water partition coefficient (Wildman–Crippen LogP) is 0.778. The second-order valence-electron chi connectivity index (χ2n) is 2.49. The van der Waals surface area contributed by atoms with E-state index in [1.54, 1.807) is 0 Å². The smallest absolute Gasteiger partial charge is 0.315 e. The fraction of sp³-hybridized carbons (Fsp3) is 0.833. The Kier molecular flexibility index (Phi) is 2.19. The molecule has 0 aromatic rings. The van der Waals surface area contributed by atoms with Crippen LogP contribution in [0.4, 0.5) is 8.78 Å². The van der Waals surface area contributed by atoms with Crippen molar-refractivity contribution in [3.8, 4) is 0 Å². The summed E-state index contributed by atoms with van der Waals surface area (Å²) >= 11 is 0. The van der Waals surface area contributed by atoms with Crippen LogP contribution in [0, 0.1) is 5.92 Å². The SMILES string of the molecule is O=C(NCC1CC1)C(F)F. The van der Waals surface area contributed by atoms with E-state index in [1.165, 1.54) is 0 Å². The lowest BCUT2D eigenvalue weighted by atomic mass is 10.4. The highest BCUT2D eigenvalue weighted by Crippen LogP contribution is 2.27. The maximum Gasteiger partial charge on any atom is 0.315 e. The molecular weight excluding hydrogens is 140 g/mol. The summed E-state index contributed by atoms with van der Waals surface area (Å²) in [5, 5.41) is 2.16. The number of hydrogen-bond acceptors (Lipinski definition) is 1. The molecule has 4 heteroatoms. The Hall–Kier alpha value is -0.670. The topological polar surface area (TPSA) is 29.1 Å². The van der Waals surface area contributed by atoms with Gasteiger partial charge in [0.1, 0.15) is 0 Å². The van der Waals surface area contributed by atoms with Gasteiger partial charge in [-0.05, 0) is 18.8 Å². The van der Waals surface area contributed by atoms with Crippen molar-refractivity contribution in [2.45, 2.75) is 19.3 Å². The van der Waals surface area contributed by atoms with Gasteiger partial charge in [-0.3, -0.25) is 4.79 Å². The number of carbonyl (C=O) groups excluding carboxylic acids is 1. The van der Waals surface area contributed by atoms with Gasteiger partial charge >= 0.3 is 6.43 Å². The molecule has 0 saturated heterocycles. The Balaban J connectivity index is 2.05. The van der Waals surface area contributed by atoms with Gasteiger partial charge in [-0.2, -0.15) is 8.78 Å². The first-order valence-corrected chi connectivity index (χ1v) is 3.26. The molecule has 0 radical (unpaired) electrons. The first kappa shape index (κ1) is 7.44. The molecule has 0 atom stereocenters. The number of rotatable bonds is 3. The predicted molar refractivity (Wildman–Crippen MR) is 31.7 cm³/mol. The minimum atomic E-state index is -2.86. The van der Waals surface area contributed by atoms with Crippen molar-refractivity contribution in [3.63, 3.8) is 0 Å². The number of alkyl halides is 2. The van der Waals surface area contributed by atoms with Gasteiger partial charge in [0.2, 0.25) is 0 Å². The van der Waals surface area contributed by atoms with Gasteiger partial charge in [0.05, 0.1) is 0 Å². The number of halogens is 2. The van der Waals surface area contributed by atoms with E-state index >= 15 is 0 Å². The second-order valence-corrected chi connectivity index (χ2v) is 2.49. The monoisotopic (exact) mass is 149 g/mol. The molecule has 0 aliphatic heterocycles. The fourth-order valence-corrected chi connectivity index (χ4v) is 0.644. The van der Waals surface area contributed by atoms with Crippen LogP contribution in [-0.4, -0.2) is 18.9 Å². The van der Waals surface area contributed by atoms with Crippen molar-refractivity contribution in [2.75, 3.05) is 6.54 Å². The first-order valence-electron chi connectivity index (χ1n) is 3.26. The lowest BCUT2D eigenvalue weighted by Gasteiger charge is -2.00. The molecule has 2 nitrogen and oxygen atoms in total. The van der Waals surface area contributed by atoms with Crippen molar-refractivity contribution in [2.24, 2.45) is 5.92 Å². The zero-order chi connectivity index (χ0) is 7.56. The van der Waals surface area contributed by atoms with Gasteiger partial charge in [0.15, 0.2) is 0 Å². The molecule has 0 unspecified atom stereocenters. The van der Waals surface area contributed by atoms with E-state index in [1.807, 2.05) is 0 Å². The molecule has 0 spiro atoms.